The number of nitrogens with one attached hydrogen (secondary N) is 1. The minimum absolute atomic E-state index is 0.171. The van der Waals surface area contributed by atoms with Crippen LogP contribution < -0.4 is 16.6 Å². The van der Waals surface area contributed by atoms with Gasteiger partial charge >= 0.3 is 0 Å². The van der Waals surface area contributed by atoms with Gasteiger partial charge in [0.2, 0.25) is 5.91 Å². The lowest BCUT2D eigenvalue weighted by atomic mass is 10.1. The lowest BCUT2D eigenvalue weighted by Crippen LogP contribution is -2.28. The Hall–Kier alpha value is -2.71. The first-order valence-electron chi connectivity index (χ1n) is 8.00. The summed E-state index contributed by atoms with van der Waals surface area (Å²) in [7, 11) is 0. The van der Waals surface area contributed by atoms with Crippen molar-refractivity contribution in [1.29, 1.82) is 0 Å². The van der Waals surface area contributed by atoms with E-state index in [2.05, 4.69) is 21.2 Å². The van der Waals surface area contributed by atoms with E-state index in [1.807, 2.05) is 37.3 Å². The van der Waals surface area contributed by atoms with Crippen molar-refractivity contribution in [2.24, 2.45) is 5.73 Å². The zero-order valence-electron chi connectivity index (χ0n) is 14.4. The molecule has 0 aliphatic rings. The summed E-state index contributed by atoms with van der Waals surface area (Å²) >= 11 is 4.45. The van der Waals surface area contributed by atoms with Gasteiger partial charge in [0.25, 0.3) is 11.5 Å². The van der Waals surface area contributed by atoms with E-state index in [4.69, 9.17) is 5.73 Å². The lowest BCUT2D eigenvalue weighted by Gasteiger charge is -2.08. The summed E-state index contributed by atoms with van der Waals surface area (Å²) < 4.78 is 1.69. The van der Waals surface area contributed by atoms with E-state index in [1.54, 1.807) is 18.3 Å². The average molecular weight is 446 g/mol. The van der Waals surface area contributed by atoms with Crippen LogP contribution in [0.5, 0.6) is 0 Å². The molecule has 138 valence electrons. The van der Waals surface area contributed by atoms with Gasteiger partial charge in [-0.2, -0.15) is 0 Å². The highest BCUT2D eigenvalue weighted by atomic mass is 79.9. The number of nitrogens with zero attached hydrogens (tertiary/aromatic N) is 1. The fourth-order valence-electron chi connectivity index (χ4n) is 2.59. The number of halogens is 1. The third-order valence-corrected chi connectivity index (χ3v) is 5.47. The number of carbonyl (C=O) groups is 2. The van der Waals surface area contributed by atoms with Gasteiger partial charge in [0.15, 0.2) is 0 Å². The van der Waals surface area contributed by atoms with E-state index < -0.39 is 11.8 Å². The maximum absolute atomic E-state index is 12.4. The van der Waals surface area contributed by atoms with Gasteiger partial charge < -0.3 is 15.6 Å². The SMILES string of the molecule is Cc1cc(Br)c(=O)n(CC(=O)Nc2sc(-c3ccccc3)cc2C(N)=O)c1. The maximum atomic E-state index is 12.4. The predicted molar refractivity (Wildman–Crippen MR) is 110 cm³/mol. The molecule has 8 heteroatoms. The second-order valence-corrected chi connectivity index (χ2v) is 7.84. The third-order valence-electron chi connectivity index (χ3n) is 3.80. The predicted octanol–water partition coefficient (Wildman–Crippen LogP) is 3.39. The first-order valence-corrected chi connectivity index (χ1v) is 9.61. The molecule has 2 amide bonds. The standard InChI is InChI=1S/C19H16BrN3O3S/c1-11-7-14(20)19(26)23(9-11)10-16(24)22-18-13(17(21)25)8-15(27-18)12-5-3-2-4-6-12/h2-9H,10H2,1H3,(H2,21,25)(H,22,24). The second kappa shape index (κ2) is 7.89. The molecule has 0 unspecified atom stereocenters. The number of primary amides is 1. The minimum atomic E-state index is -0.626. The van der Waals surface area contributed by atoms with E-state index in [-0.39, 0.29) is 17.7 Å². The molecule has 0 aliphatic heterocycles. The highest BCUT2D eigenvalue weighted by molar-refractivity contribution is 9.10. The quantitative estimate of drug-likeness (QED) is 0.629. The molecule has 0 saturated heterocycles. The van der Waals surface area contributed by atoms with Crippen LogP contribution >= 0.6 is 27.3 Å². The van der Waals surface area contributed by atoms with Crippen molar-refractivity contribution in [3.8, 4) is 10.4 Å². The van der Waals surface area contributed by atoms with E-state index >= 15 is 0 Å². The normalized spacial score (nSPS) is 10.6. The Bertz CT molecular complexity index is 1070. The number of amides is 2. The van der Waals surface area contributed by atoms with Crippen LogP contribution in [0.25, 0.3) is 10.4 Å². The number of hydrogen-bond acceptors (Lipinski definition) is 4. The largest absolute Gasteiger partial charge is 0.366 e. The molecule has 1 aromatic carbocycles. The van der Waals surface area contributed by atoms with Crippen molar-refractivity contribution in [2.75, 3.05) is 5.32 Å². The summed E-state index contributed by atoms with van der Waals surface area (Å²) in [5, 5.41) is 3.07. The maximum Gasteiger partial charge on any atom is 0.265 e. The molecule has 2 heterocycles. The third kappa shape index (κ3) is 4.35. The van der Waals surface area contributed by atoms with Crippen LogP contribution in [0, 0.1) is 6.92 Å². The molecule has 0 spiro atoms. The number of carbonyl (C=O) groups excluding carboxylic acids is 2. The van der Waals surface area contributed by atoms with E-state index in [1.165, 1.54) is 15.9 Å². The van der Waals surface area contributed by atoms with Crippen LogP contribution in [0.15, 0.2) is 57.9 Å². The topological polar surface area (TPSA) is 94.2 Å². The lowest BCUT2D eigenvalue weighted by molar-refractivity contribution is -0.116. The molecule has 0 radical (unpaired) electrons. The second-order valence-electron chi connectivity index (χ2n) is 5.93. The molecular weight excluding hydrogens is 430 g/mol. The van der Waals surface area contributed by atoms with Gasteiger partial charge in [-0.05, 0) is 46.1 Å². The molecule has 6 nitrogen and oxygen atoms in total. The average Bonchev–Trinajstić information content (AvgIpc) is 3.04. The van der Waals surface area contributed by atoms with Gasteiger partial charge in [0, 0.05) is 11.1 Å². The molecule has 2 aromatic heterocycles. The molecular formula is C19H16BrN3O3S. The molecule has 3 rings (SSSR count). The van der Waals surface area contributed by atoms with Crippen molar-refractivity contribution in [1.82, 2.24) is 4.57 Å². The van der Waals surface area contributed by atoms with Gasteiger partial charge in [-0.1, -0.05) is 30.3 Å². The number of anilines is 1. The van der Waals surface area contributed by atoms with Crippen molar-refractivity contribution in [3.63, 3.8) is 0 Å². The molecule has 0 fully saturated rings. The summed E-state index contributed by atoms with van der Waals surface area (Å²) in [6, 6.07) is 12.8. The molecule has 3 aromatic rings. The first-order chi connectivity index (χ1) is 12.8. The monoisotopic (exact) mass is 445 g/mol. The van der Waals surface area contributed by atoms with Crippen molar-refractivity contribution < 1.29 is 9.59 Å². The summed E-state index contributed by atoms with van der Waals surface area (Å²) in [4.78, 5) is 37.2. The fourth-order valence-corrected chi connectivity index (χ4v) is 4.26. The number of aryl methyl sites for hydroxylation is 1. The number of hydrogen-bond donors (Lipinski definition) is 2. The van der Waals surface area contributed by atoms with Crippen LogP contribution in [-0.4, -0.2) is 16.4 Å². The van der Waals surface area contributed by atoms with Gasteiger partial charge in [-0.25, -0.2) is 0 Å². The van der Waals surface area contributed by atoms with Crippen LogP contribution in [0.3, 0.4) is 0 Å². The van der Waals surface area contributed by atoms with Gasteiger partial charge in [-0.3, -0.25) is 14.4 Å². The highest BCUT2D eigenvalue weighted by Gasteiger charge is 2.17. The Kier molecular flexibility index (Phi) is 5.57. The molecule has 27 heavy (non-hydrogen) atoms. The van der Waals surface area contributed by atoms with Crippen molar-refractivity contribution in [3.05, 3.63) is 74.6 Å². The molecule has 0 saturated carbocycles. The Morgan fingerprint density at radius 1 is 1.22 bits per heavy atom. The number of pyridine rings is 1. The van der Waals surface area contributed by atoms with Gasteiger partial charge in [-0.15, -0.1) is 11.3 Å². The van der Waals surface area contributed by atoms with E-state index in [0.717, 1.165) is 16.0 Å². The Balaban J connectivity index is 1.87. The number of nitrogens with two attached hydrogens (primary N) is 1. The summed E-state index contributed by atoms with van der Waals surface area (Å²) in [5.74, 6) is -1.04. The van der Waals surface area contributed by atoms with Crippen molar-refractivity contribution >= 4 is 44.1 Å². The number of rotatable bonds is 5. The Morgan fingerprint density at radius 3 is 2.59 bits per heavy atom. The van der Waals surface area contributed by atoms with Crippen molar-refractivity contribution in [2.45, 2.75) is 13.5 Å². The molecule has 0 atom stereocenters. The first kappa shape index (κ1) is 19.1. The van der Waals surface area contributed by atoms with Crippen LogP contribution in [0.1, 0.15) is 15.9 Å². The Labute approximate surface area is 167 Å². The van der Waals surface area contributed by atoms with Crippen LogP contribution in [0.4, 0.5) is 5.00 Å². The fraction of sp³-hybridized carbons (Fsp3) is 0.105. The minimum Gasteiger partial charge on any atom is -0.366 e. The number of benzene rings is 1. The zero-order chi connectivity index (χ0) is 19.6. The van der Waals surface area contributed by atoms with Crippen LogP contribution in [-0.2, 0) is 11.3 Å². The number of thiophene rings is 1. The number of aromatic nitrogens is 1. The Morgan fingerprint density at radius 2 is 1.93 bits per heavy atom. The van der Waals surface area contributed by atoms with Gasteiger partial charge in [0.05, 0.1) is 10.0 Å². The smallest absolute Gasteiger partial charge is 0.265 e. The van der Waals surface area contributed by atoms with E-state index in [0.29, 0.717) is 9.47 Å². The molecule has 0 aliphatic carbocycles. The van der Waals surface area contributed by atoms with Crippen LogP contribution in [0.2, 0.25) is 0 Å². The summed E-state index contributed by atoms with van der Waals surface area (Å²) in [6.45, 7) is 1.66. The van der Waals surface area contributed by atoms with E-state index in [9.17, 15) is 14.4 Å². The molecule has 0 bridgehead atoms. The zero-order valence-corrected chi connectivity index (χ0v) is 16.8. The molecule has 3 N–H and O–H groups in total. The van der Waals surface area contributed by atoms with Gasteiger partial charge in [0.1, 0.15) is 11.5 Å². The summed E-state index contributed by atoms with van der Waals surface area (Å²) in [5.41, 5.74) is 7.15. The summed E-state index contributed by atoms with van der Waals surface area (Å²) in [6.07, 6.45) is 1.60. The highest BCUT2D eigenvalue weighted by Crippen LogP contribution is 2.35.